The van der Waals surface area contributed by atoms with Crippen LogP contribution >= 0.6 is 11.8 Å². The van der Waals surface area contributed by atoms with Crippen molar-refractivity contribution in [2.24, 2.45) is 0 Å². The molecule has 2 aliphatic heterocycles. The van der Waals surface area contributed by atoms with E-state index in [9.17, 15) is 14.4 Å². The highest BCUT2D eigenvalue weighted by Crippen LogP contribution is 2.40. The maximum absolute atomic E-state index is 13.3. The lowest BCUT2D eigenvalue weighted by Crippen LogP contribution is -2.34. The quantitative estimate of drug-likeness (QED) is 0.570. The minimum absolute atomic E-state index is 0.0339. The molecule has 0 spiro atoms. The third kappa shape index (κ3) is 4.03. The molecule has 1 aromatic heterocycles. The van der Waals surface area contributed by atoms with Gasteiger partial charge >= 0.3 is 0 Å². The molecule has 1 N–H and O–H groups in total. The summed E-state index contributed by atoms with van der Waals surface area (Å²) < 4.78 is 10.7. The number of aromatic nitrogens is 1. The average molecular weight is 461 g/mol. The lowest BCUT2D eigenvalue weighted by Gasteiger charge is -2.22. The third-order valence-electron chi connectivity index (χ3n) is 5.34. The van der Waals surface area contributed by atoms with Gasteiger partial charge in [-0.3, -0.25) is 14.4 Å². The van der Waals surface area contributed by atoms with Crippen molar-refractivity contribution in [1.29, 1.82) is 0 Å². The first-order valence-corrected chi connectivity index (χ1v) is 11.1. The van der Waals surface area contributed by atoms with Gasteiger partial charge in [0, 0.05) is 35.7 Å². The Morgan fingerprint density at radius 3 is 2.73 bits per heavy atom. The molecule has 9 heteroatoms. The Kier molecular flexibility index (Phi) is 5.47. The van der Waals surface area contributed by atoms with E-state index < -0.39 is 0 Å². The van der Waals surface area contributed by atoms with Gasteiger partial charge in [-0.2, -0.15) is 0 Å². The smallest absolute Gasteiger partial charge is 0.261 e. The lowest BCUT2D eigenvalue weighted by molar-refractivity contribution is -0.116. The Hall–Kier alpha value is -3.85. The number of hydrogen-bond acceptors (Lipinski definition) is 7. The van der Waals surface area contributed by atoms with E-state index in [1.54, 1.807) is 35.4 Å². The van der Waals surface area contributed by atoms with Crippen molar-refractivity contribution in [2.75, 3.05) is 23.6 Å². The Morgan fingerprint density at radius 2 is 1.91 bits per heavy atom. The first kappa shape index (κ1) is 21.0. The highest BCUT2D eigenvalue weighted by Gasteiger charge is 2.28. The second-order valence-corrected chi connectivity index (χ2v) is 8.52. The second-order valence-electron chi connectivity index (χ2n) is 7.49. The molecule has 0 aliphatic carbocycles. The fraction of sp³-hybridized carbons (Fsp3) is 0.167. The summed E-state index contributed by atoms with van der Waals surface area (Å²) in [4.78, 5) is 45.1. The van der Waals surface area contributed by atoms with Crippen molar-refractivity contribution >= 4 is 40.7 Å². The summed E-state index contributed by atoms with van der Waals surface area (Å²) in [6.07, 6.45) is 1.69. The van der Waals surface area contributed by atoms with Crippen molar-refractivity contribution in [1.82, 2.24) is 4.98 Å². The van der Waals surface area contributed by atoms with Gasteiger partial charge in [-0.15, -0.1) is 0 Å². The van der Waals surface area contributed by atoms with Crippen LogP contribution in [-0.4, -0.2) is 35.9 Å². The van der Waals surface area contributed by atoms with Gasteiger partial charge in [0.1, 0.15) is 5.03 Å². The van der Waals surface area contributed by atoms with Crippen LogP contribution in [0.3, 0.4) is 0 Å². The topological polar surface area (TPSA) is 97.8 Å². The van der Waals surface area contributed by atoms with Gasteiger partial charge in [0.05, 0.1) is 16.9 Å². The van der Waals surface area contributed by atoms with Gasteiger partial charge < -0.3 is 19.7 Å². The molecule has 0 saturated heterocycles. The van der Waals surface area contributed by atoms with E-state index in [0.29, 0.717) is 33.3 Å². The molecule has 0 radical (unpaired) electrons. The van der Waals surface area contributed by atoms with E-state index in [2.05, 4.69) is 10.3 Å². The number of ether oxygens (including phenoxy) is 2. The molecule has 0 bridgehead atoms. The predicted octanol–water partition coefficient (Wildman–Crippen LogP) is 4.15. The number of anilines is 2. The van der Waals surface area contributed by atoms with E-state index in [0.717, 1.165) is 10.6 Å². The molecule has 2 amide bonds. The molecule has 2 aromatic carbocycles. The molecule has 0 fully saturated rings. The largest absolute Gasteiger partial charge is 0.454 e. The van der Waals surface area contributed by atoms with E-state index in [1.165, 1.54) is 18.7 Å². The van der Waals surface area contributed by atoms with Crippen LogP contribution in [0.15, 0.2) is 64.6 Å². The summed E-state index contributed by atoms with van der Waals surface area (Å²) in [6.45, 7) is 1.65. The number of para-hydroxylation sites is 1. The normalized spacial score (nSPS) is 13.7. The number of nitrogens with one attached hydrogen (secondary N) is 1. The number of pyridine rings is 1. The molecule has 8 nitrogen and oxygen atoms in total. The van der Waals surface area contributed by atoms with Gasteiger partial charge in [0.15, 0.2) is 17.3 Å². The first-order chi connectivity index (χ1) is 16.0. The van der Waals surface area contributed by atoms with Crippen LogP contribution in [0, 0.1) is 0 Å². The molecule has 33 heavy (non-hydrogen) atoms. The fourth-order valence-electron chi connectivity index (χ4n) is 3.75. The van der Waals surface area contributed by atoms with Crippen LogP contribution in [-0.2, 0) is 4.79 Å². The number of rotatable bonds is 5. The number of benzene rings is 2. The summed E-state index contributed by atoms with van der Waals surface area (Å²) in [5.74, 6) is 0.185. The van der Waals surface area contributed by atoms with Gasteiger partial charge in [-0.25, -0.2) is 4.98 Å². The summed E-state index contributed by atoms with van der Waals surface area (Å²) in [7, 11) is 0. The van der Waals surface area contributed by atoms with Crippen LogP contribution < -0.4 is 19.7 Å². The standard InChI is InChI=1S/C24H19N3O5S/c1-14(28)16-11-19-20(32-13-31-19)12-17(16)26-22(29)8-10-27-18-6-2-3-7-21(18)33-23-15(24(27)30)5-4-9-25-23/h2-7,9,11-12H,8,10,13H2,1H3,(H,26,29). The molecular weight excluding hydrogens is 442 g/mol. The summed E-state index contributed by atoms with van der Waals surface area (Å²) in [6, 6.07) is 14.2. The van der Waals surface area contributed by atoms with E-state index >= 15 is 0 Å². The molecule has 0 atom stereocenters. The highest BCUT2D eigenvalue weighted by molar-refractivity contribution is 7.99. The average Bonchev–Trinajstić information content (AvgIpc) is 3.22. The highest BCUT2D eigenvalue weighted by atomic mass is 32.2. The molecular formula is C24H19N3O5S. The maximum Gasteiger partial charge on any atom is 0.261 e. The lowest BCUT2D eigenvalue weighted by atomic mass is 10.1. The van der Waals surface area contributed by atoms with Crippen LogP contribution in [0.5, 0.6) is 11.5 Å². The number of nitrogens with zero attached hydrogens (tertiary/aromatic N) is 2. The Balaban J connectivity index is 1.38. The number of fused-ring (bicyclic) bond motifs is 3. The summed E-state index contributed by atoms with van der Waals surface area (Å²) in [5, 5.41) is 3.42. The summed E-state index contributed by atoms with van der Waals surface area (Å²) >= 11 is 1.43. The number of carbonyl (C=O) groups is 3. The van der Waals surface area contributed by atoms with Crippen LogP contribution in [0.1, 0.15) is 34.1 Å². The number of Topliss-reactive ketones (excluding diaryl/α,β-unsaturated/α-hetero) is 1. The Morgan fingerprint density at radius 1 is 1.12 bits per heavy atom. The zero-order valence-electron chi connectivity index (χ0n) is 17.7. The van der Waals surface area contributed by atoms with Gasteiger partial charge in [-0.1, -0.05) is 23.9 Å². The van der Waals surface area contributed by atoms with E-state index in [1.807, 2.05) is 24.3 Å². The fourth-order valence-corrected chi connectivity index (χ4v) is 4.76. The van der Waals surface area contributed by atoms with Crippen molar-refractivity contribution in [3.8, 4) is 11.5 Å². The van der Waals surface area contributed by atoms with Crippen molar-refractivity contribution in [3.63, 3.8) is 0 Å². The van der Waals surface area contributed by atoms with Crippen LogP contribution in [0.4, 0.5) is 11.4 Å². The predicted molar refractivity (Wildman–Crippen MR) is 122 cm³/mol. The zero-order valence-corrected chi connectivity index (χ0v) is 18.5. The Labute approximate surface area is 193 Å². The molecule has 166 valence electrons. The minimum Gasteiger partial charge on any atom is -0.454 e. The summed E-state index contributed by atoms with van der Waals surface area (Å²) in [5.41, 5.74) is 1.91. The SMILES string of the molecule is CC(=O)c1cc2c(cc1NC(=O)CCN1C(=O)c3cccnc3Sc3ccccc31)OCO2. The maximum atomic E-state index is 13.3. The van der Waals surface area contributed by atoms with Crippen LogP contribution in [0.2, 0.25) is 0 Å². The van der Waals surface area contributed by atoms with Gasteiger partial charge in [0.2, 0.25) is 12.7 Å². The monoisotopic (exact) mass is 461 g/mol. The van der Waals surface area contributed by atoms with E-state index in [4.69, 9.17) is 9.47 Å². The molecule has 0 saturated carbocycles. The minimum atomic E-state index is -0.329. The molecule has 5 rings (SSSR count). The van der Waals surface area contributed by atoms with Crippen molar-refractivity contribution < 1.29 is 23.9 Å². The Bertz CT molecular complexity index is 1290. The number of ketones is 1. The van der Waals surface area contributed by atoms with Crippen LogP contribution in [0.25, 0.3) is 0 Å². The van der Waals surface area contributed by atoms with E-state index in [-0.39, 0.29) is 37.4 Å². The number of hydrogen-bond donors (Lipinski definition) is 1. The van der Waals surface area contributed by atoms with Gasteiger partial charge in [0.25, 0.3) is 5.91 Å². The number of amides is 2. The van der Waals surface area contributed by atoms with Crippen molar-refractivity contribution in [2.45, 2.75) is 23.3 Å². The molecule has 3 aromatic rings. The molecule has 0 unspecified atom stereocenters. The first-order valence-electron chi connectivity index (χ1n) is 10.3. The zero-order chi connectivity index (χ0) is 22.9. The molecule has 3 heterocycles. The third-order valence-corrected chi connectivity index (χ3v) is 6.42. The van der Waals surface area contributed by atoms with Crippen molar-refractivity contribution in [3.05, 3.63) is 65.9 Å². The molecule has 2 aliphatic rings. The number of carbonyl (C=O) groups excluding carboxylic acids is 3. The van der Waals surface area contributed by atoms with Gasteiger partial charge in [-0.05, 0) is 37.3 Å². The second kappa shape index (κ2) is 8.59.